The lowest BCUT2D eigenvalue weighted by Crippen LogP contribution is -1.94. The van der Waals surface area contributed by atoms with Crippen LogP contribution in [-0.4, -0.2) is 22.2 Å². The highest BCUT2D eigenvalue weighted by atomic mass is 35.5. The van der Waals surface area contributed by atoms with E-state index in [2.05, 4.69) is 15.0 Å². The Morgan fingerprint density at radius 3 is 2.95 bits per heavy atom. The van der Waals surface area contributed by atoms with E-state index in [0.29, 0.717) is 11.2 Å². The molecule has 0 aromatic carbocycles. The van der Waals surface area contributed by atoms with Gasteiger partial charge in [0.25, 0.3) is 0 Å². The Balaban J connectivity index is 1.98. The van der Waals surface area contributed by atoms with Crippen LogP contribution < -0.4 is 5.73 Å². The lowest BCUT2D eigenvalue weighted by atomic mass is 10.1. The van der Waals surface area contributed by atoms with E-state index in [0.717, 1.165) is 22.2 Å². The number of hydrogen-bond acceptors (Lipinski definition) is 4. The molecule has 1 fully saturated rings. The van der Waals surface area contributed by atoms with Gasteiger partial charge in [0.2, 0.25) is 0 Å². The average molecular weight is 273 g/mol. The minimum atomic E-state index is 0.455. The standard InChI is InChI=1S/C14H13ClN4/c15-14-4-3-12-13(19-14)5-9(7-18-12)10(6-16)8-17-11-1-2-11/h3-8,11H,1-2,16H2. The molecule has 1 aliphatic carbocycles. The lowest BCUT2D eigenvalue weighted by molar-refractivity contribution is 1.08. The third-order valence-electron chi connectivity index (χ3n) is 2.99. The van der Waals surface area contributed by atoms with Crippen molar-refractivity contribution in [2.75, 3.05) is 0 Å². The summed E-state index contributed by atoms with van der Waals surface area (Å²) in [5.41, 5.74) is 8.97. The molecule has 0 radical (unpaired) electrons. The molecule has 2 aromatic heterocycles. The Morgan fingerprint density at radius 2 is 2.21 bits per heavy atom. The SMILES string of the molecule is NC=C(C=NC1CC1)c1cnc2ccc(Cl)nc2c1. The van der Waals surface area contributed by atoms with Crippen LogP contribution in [-0.2, 0) is 0 Å². The fourth-order valence-electron chi connectivity index (χ4n) is 1.76. The number of halogens is 1. The Kier molecular flexibility index (Phi) is 3.17. The van der Waals surface area contributed by atoms with Gasteiger partial charge in [0.15, 0.2) is 0 Å². The summed E-state index contributed by atoms with van der Waals surface area (Å²) in [4.78, 5) is 13.0. The van der Waals surface area contributed by atoms with Crippen molar-refractivity contribution < 1.29 is 0 Å². The molecule has 2 N–H and O–H groups in total. The van der Waals surface area contributed by atoms with Gasteiger partial charge in [-0.15, -0.1) is 0 Å². The number of pyridine rings is 2. The van der Waals surface area contributed by atoms with Gasteiger partial charge in [-0.2, -0.15) is 0 Å². The van der Waals surface area contributed by atoms with Gasteiger partial charge in [-0.05, 0) is 31.0 Å². The monoisotopic (exact) mass is 272 g/mol. The predicted octanol–water partition coefficient (Wildman–Crippen LogP) is 2.82. The van der Waals surface area contributed by atoms with Crippen LogP contribution in [0.1, 0.15) is 18.4 Å². The summed E-state index contributed by atoms with van der Waals surface area (Å²) in [5.74, 6) is 0. The second-order valence-electron chi connectivity index (χ2n) is 4.53. The van der Waals surface area contributed by atoms with Crippen molar-refractivity contribution in [1.82, 2.24) is 9.97 Å². The maximum absolute atomic E-state index is 5.89. The molecule has 0 unspecified atom stereocenters. The summed E-state index contributed by atoms with van der Waals surface area (Å²) in [6, 6.07) is 5.96. The van der Waals surface area contributed by atoms with Gasteiger partial charge < -0.3 is 5.73 Å². The molecule has 2 heterocycles. The maximum atomic E-state index is 5.89. The molecule has 0 spiro atoms. The van der Waals surface area contributed by atoms with Crippen molar-refractivity contribution in [3.05, 3.63) is 41.3 Å². The second kappa shape index (κ2) is 4.97. The van der Waals surface area contributed by atoms with Crippen molar-refractivity contribution in [3.8, 4) is 0 Å². The van der Waals surface area contributed by atoms with Gasteiger partial charge in [0, 0.05) is 29.7 Å². The number of aromatic nitrogens is 2. The lowest BCUT2D eigenvalue weighted by Gasteiger charge is -2.03. The highest BCUT2D eigenvalue weighted by Gasteiger charge is 2.19. The van der Waals surface area contributed by atoms with Crippen LogP contribution in [0.3, 0.4) is 0 Å². The van der Waals surface area contributed by atoms with E-state index in [4.69, 9.17) is 17.3 Å². The number of nitrogens with zero attached hydrogens (tertiary/aromatic N) is 3. The van der Waals surface area contributed by atoms with Crippen molar-refractivity contribution in [2.24, 2.45) is 10.7 Å². The molecule has 5 heteroatoms. The maximum Gasteiger partial charge on any atom is 0.129 e. The molecule has 4 nitrogen and oxygen atoms in total. The first-order chi connectivity index (χ1) is 9.26. The molecular weight excluding hydrogens is 260 g/mol. The van der Waals surface area contributed by atoms with E-state index in [9.17, 15) is 0 Å². The Morgan fingerprint density at radius 1 is 1.37 bits per heavy atom. The van der Waals surface area contributed by atoms with Crippen molar-refractivity contribution in [2.45, 2.75) is 18.9 Å². The summed E-state index contributed by atoms with van der Waals surface area (Å²) >= 11 is 5.89. The third kappa shape index (κ3) is 2.74. The van der Waals surface area contributed by atoms with Crippen LogP contribution in [0.5, 0.6) is 0 Å². The first kappa shape index (κ1) is 12.1. The zero-order valence-corrected chi connectivity index (χ0v) is 11.0. The minimum absolute atomic E-state index is 0.455. The number of fused-ring (bicyclic) bond motifs is 1. The van der Waals surface area contributed by atoms with Gasteiger partial charge in [0.05, 0.1) is 17.1 Å². The number of rotatable bonds is 3. The number of aliphatic imine (C=N–C) groups is 1. The van der Waals surface area contributed by atoms with Crippen LogP contribution in [0.15, 0.2) is 35.6 Å². The van der Waals surface area contributed by atoms with Crippen LogP contribution in [0.4, 0.5) is 0 Å². The summed E-state index contributed by atoms with van der Waals surface area (Å²) in [5, 5.41) is 0.455. The van der Waals surface area contributed by atoms with Crippen LogP contribution >= 0.6 is 11.6 Å². The first-order valence-electron chi connectivity index (χ1n) is 6.14. The molecule has 0 bridgehead atoms. The van der Waals surface area contributed by atoms with E-state index in [-0.39, 0.29) is 0 Å². The van der Waals surface area contributed by atoms with E-state index in [1.807, 2.05) is 18.3 Å². The van der Waals surface area contributed by atoms with Gasteiger partial charge in [-0.3, -0.25) is 9.98 Å². The minimum Gasteiger partial charge on any atom is -0.404 e. The largest absolute Gasteiger partial charge is 0.404 e. The number of hydrogen-bond donors (Lipinski definition) is 1. The molecule has 2 aromatic rings. The van der Waals surface area contributed by atoms with Crippen molar-refractivity contribution in [1.29, 1.82) is 0 Å². The van der Waals surface area contributed by atoms with E-state index >= 15 is 0 Å². The second-order valence-corrected chi connectivity index (χ2v) is 4.91. The van der Waals surface area contributed by atoms with Crippen LogP contribution in [0.2, 0.25) is 5.15 Å². The van der Waals surface area contributed by atoms with Crippen molar-refractivity contribution in [3.63, 3.8) is 0 Å². The van der Waals surface area contributed by atoms with Crippen LogP contribution in [0.25, 0.3) is 16.6 Å². The zero-order chi connectivity index (χ0) is 13.2. The molecular formula is C14H13ClN4. The molecule has 19 heavy (non-hydrogen) atoms. The molecule has 0 atom stereocenters. The molecule has 0 amide bonds. The van der Waals surface area contributed by atoms with Gasteiger partial charge in [-0.25, -0.2) is 4.98 Å². The molecule has 96 valence electrons. The molecule has 0 aliphatic heterocycles. The van der Waals surface area contributed by atoms with Crippen molar-refractivity contribution >= 4 is 34.4 Å². The Bertz CT molecular complexity index is 674. The van der Waals surface area contributed by atoms with E-state index in [1.54, 1.807) is 18.5 Å². The predicted molar refractivity (Wildman–Crippen MR) is 78.2 cm³/mol. The summed E-state index contributed by atoms with van der Waals surface area (Å²) < 4.78 is 0. The van der Waals surface area contributed by atoms with Gasteiger partial charge >= 0.3 is 0 Å². The van der Waals surface area contributed by atoms with E-state index < -0.39 is 0 Å². The summed E-state index contributed by atoms with van der Waals surface area (Å²) in [6.45, 7) is 0. The molecule has 0 saturated heterocycles. The smallest absolute Gasteiger partial charge is 0.129 e. The number of allylic oxidation sites excluding steroid dienone is 1. The molecule has 3 rings (SSSR count). The van der Waals surface area contributed by atoms with Gasteiger partial charge in [0.1, 0.15) is 5.15 Å². The summed E-state index contributed by atoms with van der Waals surface area (Å²) in [6.07, 6.45) is 7.46. The zero-order valence-electron chi connectivity index (χ0n) is 10.3. The Hall–Kier alpha value is -1.94. The highest BCUT2D eigenvalue weighted by Crippen LogP contribution is 2.24. The highest BCUT2D eigenvalue weighted by molar-refractivity contribution is 6.29. The first-order valence-corrected chi connectivity index (χ1v) is 6.52. The van der Waals surface area contributed by atoms with Gasteiger partial charge in [-0.1, -0.05) is 11.6 Å². The fourth-order valence-corrected chi connectivity index (χ4v) is 1.92. The Labute approximate surface area is 116 Å². The normalized spacial score (nSPS) is 16.4. The third-order valence-corrected chi connectivity index (χ3v) is 3.20. The fraction of sp³-hybridized carbons (Fsp3) is 0.214. The number of nitrogens with two attached hydrogens (primary N) is 1. The molecule has 1 saturated carbocycles. The quantitative estimate of drug-likeness (QED) is 0.690. The van der Waals surface area contributed by atoms with E-state index in [1.165, 1.54) is 12.8 Å². The summed E-state index contributed by atoms with van der Waals surface area (Å²) in [7, 11) is 0. The van der Waals surface area contributed by atoms with Crippen LogP contribution in [0, 0.1) is 0 Å². The topological polar surface area (TPSA) is 64.2 Å². The molecule has 1 aliphatic rings. The average Bonchev–Trinajstić information content (AvgIpc) is 3.23.